The van der Waals surface area contributed by atoms with Crippen LogP contribution in [0.15, 0.2) is 0 Å². The normalized spacial score (nSPS) is 26.5. The Bertz CT molecular complexity index is 225. The molecule has 94 valence electrons. The van der Waals surface area contributed by atoms with Crippen molar-refractivity contribution in [1.29, 1.82) is 0 Å². The molecule has 0 aromatic rings. The molecule has 0 N–H and O–H groups in total. The standard InChI is InChI=1S/C13H24O2S/c1-13(2,3)10-4-6-11(7-5-10)15-12(14)8-9-16/h10-11,16H,4-9H2,1-3H3. The molecule has 1 fully saturated rings. The number of rotatable bonds is 3. The van der Waals surface area contributed by atoms with Crippen LogP contribution >= 0.6 is 12.6 Å². The minimum Gasteiger partial charge on any atom is -0.462 e. The first-order chi connectivity index (χ1) is 7.43. The van der Waals surface area contributed by atoms with Gasteiger partial charge in [-0.2, -0.15) is 12.6 Å². The maximum atomic E-state index is 11.3. The van der Waals surface area contributed by atoms with Gasteiger partial charge in [0.15, 0.2) is 0 Å². The highest BCUT2D eigenvalue weighted by Gasteiger charge is 2.30. The monoisotopic (exact) mass is 244 g/mol. The van der Waals surface area contributed by atoms with Crippen molar-refractivity contribution in [3.8, 4) is 0 Å². The lowest BCUT2D eigenvalue weighted by atomic mass is 9.72. The van der Waals surface area contributed by atoms with E-state index in [0.717, 1.165) is 18.8 Å². The Kier molecular flexibility index (Phi) is 5.16. The van der Waals surface area contributed by atoms with Crippen LogP contribution in [-0.2, 0) is 9.53 Å². The molecule has 2 nitrogen and oxygen atoms in total. The molecule has 0 saturated heterocycles. The molecule has 1 aliphatic carbocycles. The summed E-state index contributed by atoms with van der Waals surface area (Å²) in [4.78, 5) is 11.3. The molecule has 0 aromatic heterocycles. The molecule has 0 amide bonds. The van der Waals surface area contributed by atoms with E-state index in [2.05, 4.69) is 33.4 Å². The van der Waals surface area contributed by atoms with Crippen LogP contribution in [0.4, 0.5) is 0 Å². The second-order valence-corrected chi connectivity index (χ2v) is 6.25. The first-order valence-corrected chi connectivity index (χ1v) is 6.87. The van der Waals surface area contributed by atoms with Crippen molar-refractivity contribution in [3.63, 3.8) is 0 Å². The van der Waals surface area contributed by atoms with Crippen molar-refractivity contribution in [2.75, 3.05) is 5.75 Å². The molecule has 16 heavy (non-hydrogen) atoms. The Morgan fingerprint density at radius 3 is 2.25 bits per heavy atom. The van der Waals surface area contributed by atoms with Crippen molar-refractivity contribution in [1.82, 2.24) is 0 Å². The molecule has 0 aromatic carbocycles. The van der Waals surface area contributed by atoms with Gasteiger partial charge in [0.1, 0.15) is 6.10 Å². The van der Waals surface area contributed by atoms with Crippen LogP contribution in [0.5, 0.6) is 0 Å². The molecule has 1 saturated carbocycles. The van der Waals surface area contributed by atoms with Crippen LogP contribution in [0.25, 0.3) is 0 Å². The quantitative estimate of drug-likeness (QED) is 0.608. The molecule has 0 aliphatic heterocycles. The van der Waals surface area contributed by atoms with Gasteiger partial charge in [-0.1, -0.05) is 20.8 Å². The summed E-state index contributed by atoms with van der Waals surface area (Å²) >= 11 is 4.03. The Morgan fingerprint density at radius 2 is 1.81 bits per heavy atom. The predicted molar refractivity (Wildman–Crippen MR) is 69.8 cm³/mol. The molecule has 0 heterocycles. The van der Waals surface area contributed by atoms with E-state index in [4.69, 9.17) is 4.74 Å². The first kappa shape index (κ1) is 13.9. The summed E-state index contributed by atoms with van der Waals surface area (Å²) in [6, 6.07) is 0. The summed E-state index contributed by atoms with van der Waals surface area (Å²) in [6.45, 7) is 6.89. The molecule has 1 rings (SSSR count). The predicted octanol–water partition coefficient (Wildman–Crippen LogP) is 3.45. The third-order valence-electron chi connectivity index (χ3n) is 3.51. The molecule has 0 spiro atoms. The topological polar surface area (TPSA) is 26.3 Å². The van der Waals surface area contributed by atoms with Gasteiger partial charge in [-0.15, -0.1) is 0 Å². The van der Waals surface area contributed by atoms with E-state index in [1.165, 1.54) is 12.8 Å². The largest absolute Gasteiger partial charge is 0.462 e. The molecule has 0 unspecified atom stereocenters. The number of ether oxygens (including phenoxy) is 1. The van der Waals surface area contributed by atoms with E-state index in [0.29, 0.717) is 17.6 Å². The molecular weight excluding hydrogens is 220 g/mol. The highest BCUT2D eigenvalue weighted by atomic mass is 32.1. The molecule has 3 heteroatoms. The lowest BCUT2D eigenvalue weighted by Crippen LogP contribution is -2.30. The van der Waals surface area contributed by atoms with E-state index in [1.807, 2.05) is 0 Å². The second-order valence-electron chi connectivity index (χ2n) is 5.80. The van der Waals surface area contributed by atoms with Gasteiger partial charge in [0.05, 0.1) is 6.42 Å². The Morgan fingerprint density at radius 1 is 1.25 bits per heavy atom. The fourth-order valence-electron chi connectivity index (χ4n) is 2.38. The van der Waals surface area contributed by atoms with Crippen LogP contribution in [0.1, 0.15) is 52.9 Å². The van der Waals surface area contributed by atoms with Gasteiger partial charge in [-0.3, -0.25) is 4.79 Å². The van der Waals surface area contributed by atoms with Crippen LogP contribution in [0.2, 0.25) is 0 Å². The van der Waals surface area contributed by atoms with Crippen LogP contribution in [-0.4, -0.2) is 17.8 Å². The summed E-state index contributed by atoms with van der Waals surface area (Å²) in [5.41, 5.74) is 0.389. The van der Waals surface area contributed by atoms with Crippen molar-refractivity contribution in [2.24, 2.45) is 11.3 Å². The molecule has 0 atom stereocenters. The maximum absolute atomic E-state index is 11.3. The first-order valence-electron chi connectivity index (χ1n) is 6.24. The summed E-state index contributed by atoms with van der Waals surface area (Å²) < 4.78 is 5.40. The number of carbonyl (C=O) groups is 1. The van der Waals surface area contributed by atoms with Gasteiger partial charge in [-0.05, 0) is 37.0 Å². The summed E-state index contributed by atoms with van der Waals surface area (Å²) in [6.07, 6.45) is 5.01. The van der Waals surface area contributed by atoms with Crippen LogP contribution in [0, 0.1) is 11.3 Å². The summed E-state index contributed by atoms with van der Waals surface area (Å²) in [7, 11) is 0. The van der Waals surface area contributed by atoms with Gasteiger partial charge in [0, 0.05) is 5.75 Å². The van der Waals surface area contributed by atoms with E-state index in [-0.39, 0.29) is 12.1 Å². The Hall–Kier alpha value is -0.180. The van der Waals surface area contributed by atoms with E-state index in [9.17, 15) is 4.79 Å². The third kappa shape index (κ3) is 4.36. The average Bonchev–Trinajstić information content (AvgIpc) is 2.17. The number of esters is 1. The summed E-state index contributed by atoms with van der Waals surface area (Å²) in [5, 5.41) is 0. The van der Waals surface area contributed by atoms with Gasteiger partial charge >= 0.3 is 5.97 Å². The molecule has 1 aliphatic rings. The fraction of sp³-hybridized carbons (Fsp3) is 0.923. The molecule has 0 bridgehead atoms. The zero-order valence-electron chi connectivity index (χ0n) is 10.7. The smallest absolute Gasteiger partial charge is 0.306 e. The van der Waals surface area contributed by atoms with Gasteiger partial charge in [-0.25, -0.2) is 0 Å². The number of carbonyl (C=O) groups excluding carboxylic acids is 1. The summed E-state index contributed by atoms with van der Waals surface area (Å²) in [5.74, 6) is 1.26. The van der Waals surface area contributed by atoms with Crippen LogP contribution < -0.4 is 0 Å². The highest BCUT2D eigenvalue weighted by molar-refractivity contribution is 7.80. The van der Waals surface area contributed by atoms with E-state index >= 15 is 0 Å². The van der Waals surface area contributed by atoms with Gasteiger partial charge in [0.2, 0.25) is 0 Å². The van der Waals surface area contributed by atoms with Crippen molar-refractivity contribution >= 4 is 18.6 Å². The van der Waals surface area contributed by atoms with Crippen LogP contribution in [0.3, 0.4) is 0 Å². The van der Waals surface area contributed by atoms with Crippen molar-refractivity contribution in [3.05, 3.63) is 0 Å². The number of hydrogen-bond donors (Lipinski definition) is 1. The minimum atomic E-state index is -0.0887. The Labute approximate surface area is 105 Å². The van der Waals surface area contributed by atoms with E-state index in [1.54, 1.807) is 0 Å². The van der Waals surface area contributed by atoms with Gasteiger partial charge < -0.3 is 4.74 Å². The van der Waals surface area contributed by atoms with Crippen molar-refractivity contribution in [2.45, 2.75) is 59.0 Å². The van der Waals surface area contributed by atoms with Gasteiger partial charge in [0.25, 0.3) is 0 Å². The molecule has 0 radical (unpaired) electrons. The highest BCUT2D eigenvalue weighted by Crippen LogP contribution is 2.38. The Balaban J connectivity index is 2.30. The lowest BCUT2D eigenvalue weighted by molar-refractivity contribution is -0.150. The number of hydrogen-bond acceptors (Lipinski definition) is 3. The third-order valence-corrected chi connectivity index (χ3v) is 3.74. The second kappa shape index (κ2) is 5.95. The number of thiol groups is 1. The minimum absolute atomic E-state index is 0.0887. The zero-order chi connectivity index (χ0) is 12.2. The SMILES string of the molecule is CC(C)(C)C1CCC(OC(=O)CCS)CC1. The zero-order valence-corrected chi connectivity index (χ0v) is 11.6. The van der Waals surface area contributed by atoms with Crippen molar-refractivity contribution < 1.29 is 9.53 Å². The molecular formula is C13H24O2S. The fourth-order valence-corrected chi connectivity index (χ4v) is 2.57. The lowest BCUT2D eigenvalue weighted by Gasteiger charge is -2.36. The average molecular weight is 244 g/mol. The maximum Gasteiger partial charge on any atom is 0.306 e. The van der Waals surface area contributed by atoms with E-state index < -0.39 is 0 Å².